The Morgan fingerprint density at radius 1 is 1.14 bits per heavy atom. The van der Waals surface area contributed by atoms with Crippen LogP contribution in [0.3, 0.4) is 0 Å². The molecule has 116 valence electrons. The number of nitrogens with two attached hydrogens (primary N) is 1. The van der Waals surface area contributed by atoms with E-state index in [-0.39, 0.29) is 5.54 Å². The summed E-state index contributed by atoms with van der Waals surface area (Å²) in [6, 6.07) is 15.2. The summed E-state index contributed by atoms with van der Waals surface area (Å²) >= 11 is 0. The van der Waals surface area contributed by atoms with Crippen LogP contribution >= 0.6 is 0 Å². The van der Waals surface area contributed by atoms with Crippen molar-refractivity contribution >= 4 is 0 Å². The fourth-order valence-electron chi connectivity index (χ4n) is 3.70. The summed E-state index contributed by atoms with van der Waals surface area (Å²) in [6.45, 7) is 5.99. The molecular formula is C20H26N2. The van der Waals surface area contributed by atoms with Crippen molar-refractivity contribution in [2.24, 2.45) is 5.73 Å². The SMILES string of the molecule is Cc1cc(C)c2c(c1)CC(CN)(NCc1ccccc1)CC2. The van der Waals surface area contributed by atoms with Gasteiger partial charge < -0.3 is 11.1 Å². The zero-order valence-electron chi connectivity index (χ0n) is 13.7. The predicted molar refractivity (Wildman–Crippen MR) is 93.0 cm³/mol. The largest absolute Gasteiger partial charge is 0.329 e. The van der Waals surface area contributed by atoms with E-state index in [1.165, 1.54) is 27.8 Å². The van der Waals surface area contributed by atoms with Gasteiger partial charge in [0.25, 0.3) is 0 Å². The smallest absolute Gasteiger partial charge is 0.0350 e. The summed E-state index contributed by atoms with van der Waals surface area (Å²) in [5.41, 5.74) is 13.3. The highest BCUT2D eigenvalue weighted by Crippen LogP contribution is 2.31. The van der Waals surface area contributed by atoms with E-state index in [0.717, 1.165) is 25.8 Å². The second-order valence-corrected chi connectivity index (χ2v) is 6.72. The first-order valence-corrected chi connectivity index (χ1v) is 8.20. The molecule has 1 atom stereocenters. The van der Waals surface area contributed by atoms with Crippen molar-refractivity contribution in [3.8, 4) is 0 Å². The first kappa shape index (κ1) is 15.3. The highest BCUT2D eigenvalue weighted by atomic mass is 15.0. The lowest BCUT2D eigenvalue weighted by molar-refractivity contribution is 0.291. The Labute approximate surface area is 133 Å². The second-order valence-electron chi connectivity index (χ2n) is 6.72. The summed E-state index contributed by atoms with van der Waals surface area (Å²) in [5.74, 6) is 0. The van der Waals surface area contributed by atoms with Crippen LogP contribution in [0.4, 0.5) is 0 Å². The number of hydrogen-bond acceptors (Lipinski definition) is 2. The van der Waals surface area contributed by atoms with Crippen LogP contribution in [0.1, 0.15) is 34.2 Å². The Kier molecular flexibility index (Phi) is 4.32. The van der Waals surface area contributed by atoms with E-state index in [0.29, 0.717) is 6.54 Å². The molecule has 0 aliphatic heterocycles. The van der Waals surface area contributed by atoms with E-state index in [9.17, 15) is 0 Å². The minimum Gasteiger partial charge on any atom is -0.329 e. The van der Waals surface area contributed by atoms with Crippen molar-refractivity contribution in [3.63, 3.8) is 0 Å². The molecule has 22 heavy (non-hydrogen) atoms. The third kappa shape index (κ3) is 3.08. The summed E-state index contributed by atoms with van der Waals surface area (Å²) in [6.07, 6.45) is 3.28. The van der Waals surface area contributed by atoms with Gasteiger partial charge in [0.05, 0.1) is 0 Å². The molecule has 0 aromatic heterocycles. The molecule has 2 aromatic rings. The Morgan fingerprint density at radius 2 is 1.91 bits per heavy atom. The van der Waals surface area contributed by atoms with Gasteiger partial charge >= 0.3 is 0 Å². The van der Waals surface area contributed by atoms with Crippen molar-refractivity contribution in [2.75, 3.05) is 6.54 Å². The maximum atomic E-state index is 6.17. The molecular weight excluding hydrogens is 268 g/mol. The minimum atomic E-state index is 0.0308. The van der Waals surface area contributed by atoms with Gasteiger partial charge in [-0.05, 0) is 55.4 Å². The summed E-state index contributed by atoms with van der Waals surface area (Å²) in [7, 11) is 0. The highest BCUT2D eigenvalue weighted by Gasteiger charge is 2.33. The van der Waals surface area contributed by atoms with Crippen molar-refractivity contribution in [1.82, 2.24) is 5.32 Å². The summed E-state index contributed by atoms with van der Waals surface area (Å²) < 4.78 is 0. The molecule has 0 radical (unpaired) electrons. The Hall–Kier alpha value is -1.64. The van der Waals surface area contributed by atoms with E-state index < -0.39 is 0 Å². The minimum absolute atomic E-state index is 0.0308. The van der Waals surface area contributed by atoms with Crippen LogP contribution in [-0.2, 0) is 19.4 Å². The fourth-order valence-corrected chi connectivity index (χ4v) is 3.70. The maximum absolute atomic E-state index is 6.17. The average molecular weight is 294 g/mol. The quantitative estimate of drug-likeness (QED) is 0.908. The molecule has 0 fully saturated rings. The zero-order valence-corrected chi connectivity index (χ0v) is 13.7. The molecule has 2 aromatic carbocycles. The van der Waals surface area contributed by atoms with Gasteiger partial charge in [-0.1, -0.05) is 48.0 Å². The molecule has 2 heteroatoms. The van der Waals surface area contributed by atoms with Gasteiger partial charge in [-0.2, -0.15) is 0 Å². The van der Waals surface area contributed by atoms with Gasteiger partial charge in [0.1, 0.15) is 0 Å². The van der Waals surface area contributed by atoms with Crippen LogP contribution in [0.25, 0.3) is 0 Å². The Morgan fingerprint density at radius 3 is 2.64 bits per heavy atom. The fraction of sp³-hybridized carbons (Fsp3) is 0.400. The Balaban J connectivity index is 1.79. The third-order valence-electron chi connectivity index (χ3n) is 4.99. The number of nitrogens with one attached hydrogen (secondary N) is 1. The van der Waals surface area contributed by atoms with Crippen LogP contribution in [0, 0.1) is 13.8 Å². The molecule has 1 aliphatic rings. The maximum Gasteiger partial charge on any atom is 0.0350 e. The zero-order chi connectivity index (χ0) is 15.6. The van der Waals surface area contributed by atoms with Gasteiger partial charge in [0.2, 0.25) is 0 Å². The second kappa shape index (κ2) is 6.23. The molecule has 0 saturated carbocycles. The number of rotatable bonds is 4. The third-order valence-corrected chi connectivity index (χ3v) is 4.99. The van der Waals surface area contributed by atoms with Crippen molar-refractivity contribution < 1.29 is 0 Å². The molecule has 1 aliphatic carbocycles. The van der Waals surface area contributed by atoms with E-state index in [4.69, 9.17) is 5.73 Å². The topological polar surface area (TPSA) is 38.0 Å². The number of hydrogen-bond donors (Lipinski definition) is 2. The molecule has 0 heterocycles. The average Bonchev–Trinajstić information content (AvgIpc) is 2.53. The van der Waals surface area contributed by atoms with Gasteiger partial charge in [0.15, 0.2) is 0 Å². The van der Waals surface area contributed by atoms with Crippen molar-refractivity contribution in [1.29, 1.82) is 0 Å². The van der Waals surface area contributed by atoms with Gasteiger partial charge in [0, 0.05) is 18.6 Å². The molecule has 0 spiro atoms. The lowest BCUT2D eigenvalue weighted by Crippen LogP contribution is -2.54. The molecule has 3 N–H and O–H groups in total. The van der Waals surface area contributed by atoms with E-state index in [2.05, 4.69) is 61.6 Å². The standard InChI is InChI=1S/C20H26N2/c1-15-10-16(2)19-8-9-20(14-21,12-18(19)11-15)22-13-17-6-4-3-5-7-17/h3-7,10-11,22H,8-9,12-14,21H2,1-2H3. The molecule has 2 nitrogen and oxygen atoms in total. The van der Waals surface area contributed by atoms with Crippen LogP contribution in [0.2, 0.25) is 0 Å². The Bertz CT molecular complexity index is 648. The predicted octanol–water partition coefficient (Wildman–Crippen LogP) is 3.28. The first-order valence-electron chi connectivity index (χ1n) is 8.20. The molecule has 3 rings (SSSR count). The first-order chi connectivity index (χ1) is 10.6. The summed E-state index contributed by atoms with van der Waals surface area (Å²) in [4.78, 5) is 0. The van der Waals surface area contributed by atoms with Gasteiger partial charge in [-0.25, -0.2) is 0 Å². The van der Waals surface area contributed by atoms with Crippen LogP contribution in [0.15, 0.2) is 42.5 Å². The lowest BCUT2D eigenvalue weighted by atomic mass is 9.76. The summed E-state index contributed by atoms with van der Waals surface area (Å²) in [5, 5.41) is 3.76. The van der Waals surface area contributed by atoms with Crippen LogP contribution < -0.4 is 11.1 Å². The monoisotopic (exact) mass is 294 g/mol. The number of fused-ring (bicyclic) bond motifs is 1. The van der Waals surface area contributed by atoms with E-state index in [1.807, 2.05) is 0 Å². The van der Waals surface area contributed by atoms with Gasteiger partial charge in [-0.15, -0.1) is 0 Å². The number of aryl methyl sites for hydroxylation is 2. The van der Waals surface area contributed by atoms with Crippen molar-refractivity contribution in [3.05, 3.63) is 70.3 Å². The van der Waals surface area contributed by atoms with Crippen molar-refractivity contribution in [2.45, 2.75) is 45.2 Å². The normalized spacial score (nSPS) is 20.7. The number of benzene rings is 2. The van der Waals surface area contributed by atoms with Gasteiger partial charge in [-0.3, -0.25) is 0 Å². The lowest BCUT2D eigenvalue weighted by Gasteiger charge is -2.39. The molecule has 0 bridgehead atoms. The van der Waals surface area contributed by atoms with E-state index >= 15 is 0 Å². The molecule has 1 unspecified atom stereocenters. The van der Waals surface area contributed by atoms with E-state index in [1.54, 1.807) is 0 Å². The molecule has 0 amide bonds. The highest BCUT2D eigenvalue weighted by molar-refractivity contribution is 5.41. The van der Waals surface area contributed by atoms with Crippen LogP contribution in [0.5, 0.6) is 0 Å². The molecule has 0 saturated heterocycles. The van der Waals surface area contributed by atoms with Crippen LogP contribution in [-0.4, -0.2) is 12.1 Å².